The molecule has 2 aromatic heterocycles. The molecule has 0 aromatic carbocycles. The second kappa shape index (κ2) is 8.33. The summed E-state index contributed by atoms with van der Waals surface area (Å²) in [6, 6.07) is 12.0. The van der Waals surface area contributed by atoms with Crippen molar-refractivity contribution in [2.45, 2.75) is 45.1 Å². The lowest BCUT2D eigenvalue weighted by Gasteiger charge is -2.42. The van der Waals surface area contributed by atoms with Gasteiger partial charge in [-0.25, -0.2) is 0 Å². The Morgan fingerprint density at radius 1 is 0.792 bits per heavy atom. The smallest absolute Gasteiger partial charge is 0.0893 e. The van der Waals surface area contributed by atoms with E-state index in [0.29, 0.717) is 0 Å². The monoisotopic (exact) mass is 328 g/mol. The van der Waals surface area contributed by atoms with E-state index in [-0.39, 0.29) is 18.2 Å². The average molecular weight is 328 g/mol. The Hall–Kier alpha value is -1.82. The van der Waals surface area contributed by atoms with Gasteiger partial charge in [-0.1, -0.05) is 12.1 Å². The van der Waals surface area contributed by atoms with E-state index in [1.807, 2.05) is 57.4 Å². The lowest BCUT2D eigenvalue weighted by Crippen LogP contribution is -2.52. The Labute approximate surface area is 145 Å². The molecule has 2 aromatic rings. The Morgan fingerprint density at radius 2 is 1.21 bits per heavy atom. The summed E-state index contributed by atoms with van der Waals surface area (Å²) in [5, 5.41) is 10.4. The lowest BCUT2D eigenvalue weighted by atomic mass is 10.1. The van der Waals surface area contributed by atoms with Crippen LogP contribution in [0, 0.1) is 0 Å². The van der Waals surface area contributed by atoms with Gasteiger partial charge in [-0.05, 0) is 59.1 Å². The molecular formula is C19H28N4O. The Morgan fingerprint density at radius 3 is 1.50 bits per heavy atom. The summed E-state index contributed by atoms with van der Waals surface area (Å²) in [6.07, 6.45) is 2.94. The Balaban J connectivity index is 2.21. The number of aliphatic hydroxyl groups excluding tert-OH is 1. The maximum atomic E-state index is 10.4. The highest BCUT2D eigenvalue weighted by Gasteiger charge is 2.32. The minimum absolute atomic E-state index is 0.0872. The maximum Gasteiger partial charge on any atom is 0.0893 e. The largest absolute Gasteiger partial charge is 0.390 e. The second-order valence-corrected chi connectivity index (χ2v) is 6.35. The van der Waals surface area contributed by atoms with Crippen LogP contribution < -0.4 is 0 Å². The van der Waals surface area contributed by atoms with Crippen LogP contribution >= 0.6 is 0 Å². The quantitative estimate of drug-likeness (QED) is 0.792. The fourth-order valence-electron chi connectivity index (χ4n) is 3.09. The van der Waals surface area contributed by atoms with E-state index >= 15 is 0 Å². The van der Waals surface area contributed by atoms with E-state index in [1.165, 1.54) is 0 Å². The number of nitrogens with zero attached hydrogens (tertiary/aromatic N) is 4. The summed E-state index contributed by atoms with van der Waals surface area (Å²) < 4.78 is 0. The van der Waals surface area contributed by atoms with E-state index in [2.05, 4.69) is 33.6 Å². The van der Waals surface area contributed by atoms with E-state index < -0.39 is 6.10 Å². The van der Waals surface area contributed by atoms with Gasteiger partial charge in [-0.15, -0.1) is 0 Å². The molecule has 2 heterocycles. The molecule has 0 bridgehead atoms. The number of aliphatic hydroxyl groups is 1. The molecule has 3 atom stereocenters. The van der Waals surface area contributed by atoms with Crippen LogP contribution in [0.15, 0.2) is 48.8 Å². The van der Waals surface area contributed by atoms with Crippen molar-refractivity contribution in [3.05, 3.63) is 60.2 Å². The minimum atomic E-state index is -0.516. The molecule has 0 saturated heterocycles. The van der Waals surface area contributed by atoms with Gasteiger partial charge in [0.2, 0.25) is 0 Å². The molecule has 0 aliphatic carbocycles. The lowest BCUT2D eigenvalue weighted by molar-refractivity contribution is -0.0498. The molecule has 0 amide bonds. The number of rotatable bonds is 7. The number of aromatic nitrogens is 2. The van der Waals surface area contributed by atoms with Crippen LogP contribution in [0.2, 0.25) is 0 Å². The third-order valence-corrected chi connectivity index (χ3v) is 4.72. The fourth-order valence-corrected chi connectivity index (χ4v) is 3.09. The number of hydrogen-bond donors (Lipinski definition) is 1. The molecule has 5 nitrogen and oxygen atoms in total. The average Bonchev–Trinajstić information content (AvgIpc) is 2.61. The Kier molecular flexibility index (Phi) is 6.43. The highest BCUT2D eigenvalue weighted by atomic mass is 16.3. The van der Waals surface area contributed by atoms with Gasteiger partial charge in [-0.3, -0.25) is 19.8 Å². The number of hydrogen-bond acceptors (Lipinski definition) is 5. The van der Waals surface area contributed by atoms with Crippen LogP contribution in [-0.4, -0.2) is 51.2 Å². The van der Waals surface area contributed by atoms with Crippen molar-refractivity contribution in [3.63, 3.8) is 0 Å². The molecule has 130 valence electrons. The molecule has 1 N–H and O–H groups in total. The zero-order chi connectivity index (χ0) is 17.7. The molecule has 0 aliphatic heterocycles. The van der Waals surface area contributed by atoms with Crippen molar-refractivity contribution >= 4 is 0 Å². The van der Waals surface area contributed by atoms with Gasteiger partial charge in [0, 0.05) is 12.4 Å². The van der Waals surface area contributed by atoms with Crippen molar-refractivity contribution in [3.8, 4) is 0 Å². The Bertz CT molecular complexity index is 554. The standard InChI is InChI=1S/C19H28N4O/c1-14(17-10-6-8-12-20-17)22(4)19(16(3)24)23(5)15(2)18-11-7-9-13-21-18/h6-16,19,24H,1-5H3. The number of likely N-dealkylation sites (N-methyl/N-ethyl adjacent to an activating group) is 2. The maximum absolute atomic E-state index is 10.4. The van der Waals surface area contributed by atoms with Gasteiger partial charge in [0.1, 0.15) is 0 Å². The van der Waals surface area contributed by atoms with Crippen molar-refractivity contribution in [1.82, 2.24) is 19.8 Å². The first kappa shape index (κ1) is 18.5. The van der Waals surface area contributed by atoms with Crippen molar-refractivity contribution in [2.75, 3.05) is 14.1 Å². The summed E-state index contributed by atoms with van der Waals surface area (Å²) in [6.45, 7) is 6.04. The van der Waals surface area contributed by atoms with Crippen molar-refractivity contribution < 1.29 is 5.11 Å². The zero-order valence-corrected chi connectivity index (χ0v) is 15.2. The molecular weight excluding hydrogens is 300 g/mol. The van der Waals surface area contributed by atoms with Gasteiger partial charge >= 0.3 is 0 Å². The van der Waals surface area contributed by atoms with E-state index in [1.54, 1.807) is 12.4 Å². The molecule has 3 unspecified atom stereocenters. The molecule has 0 radical (unpaired) electrons. The van der Waals surface area contributed by atoms with E-state index in [4.69, 9.17) is 0 Å². The highest BCUT2D eigenvalue weighted by Crippen LogP contribution is 2.26. The second-order valence-electron chi connectivity index (χ2n) is 6.35. The molecule has 0 spiro atoms. The van der Waals surface area contributed by atoms with Gasteiger partial charge in [0.05, 0.1) is 35.7 Å². The van der Waals surface area contributed by atoms with Crippen LogP contribution in [0.4, 0.5) is 0 Å². The van der Waals surface area contributed by atoms with Crippen molar-refractivity contribution in [2.24, 2.45) is 0 Å². The highest BCUT2D eigenvalue weighted by molar-refractivity contribution is 5.10. The summed E-state index contributed by atoms with van der Waals surface area (Å²) in [5.74, 6) is 0. The fraction of sp³-hybridized carbons (Fsp3) is 0.474. The van der Waals surface area contributed by atoms with Crippen molar-refractivity contribution in [1.29, 1.82) is 0 Å². The third kappa shape index (κ3) is 4.17. The summed E-state index contributed by atoms with van der Waals surface area (Å²) >= 11 is 0. The molecule has 5 heteroatoms. The van der Waals surface area contributed by atoms with E-state index in [0.717, 1.165) is 11.4 Å². The summed E-state index contributed by atoms with van der Waals surface area (Å²) in [7, 11) is 4.05. The molecule has 0 saturated carbocycles. The first-order valence-electron chi connectivity index (χ1n) is 8.37. The molecule has 0 aliphatic rings. The third-order valence-electron chi connectivity index (χ3n) is 4.72. The van der Waals surface area contributed by atoms with Crippen LogP contribution in [0.5, 0.6) is 0 Å². The first-order chi connectivity index (χ1) is 11.4. The van der Waals surface area contributed by atoms with Crippen LogP contribution in [0.25, 0.3) is 0 Å². The predicted molar refractivity (Wildman–Crippen MR) is 96.3 cm³/mol. The summed E-state index contributed by atoms with van der Waals surface area (Å²) in [4.78, 5) is 13.2. The van der Waals surface area contributed by atoms with Gasteiger partial charge < -0.3 is 5.11 Å². The van der Waals surface area contributed by atoms with Gasteiger partial charge in [-0.2, -0.15) is 0 Å². The van der Waals surface area contributed by atoms with E-state index in [9.17, 15) is 5.11 Å². The van der Waals surface area contributed by atoms with Gasteiger partial charge in [0.15, 0.2) is 0 Å². The molecule has 24 heavy (non-hydrogen) atoms. The predicted octanol–water partition coefficient (Wildman–Crippen LogP) is 2.87. The normalized spacial score (nSPS) is 16.8. The number of pyridine rings is 2. The summed E-state index contributed by atoms with van der Waals surface area (Å²) in [5.41, 5.74) is 1.98. The van der Waals surface area contributed by atoms with Crippen LogP contribution in [0.3, 0.4) is 0 Å². The molecule has 2 rings (SSSR count). The molecule has 0 fully saturated rings. The first-order valence-corrected chi connectivity index (χ1v) is 8.37. The topological polar surface area (TPSA) is 52.5 Å². The minimum Gasteiger partial charge on any atom is -0.390 e. The SMILES string of the molecule is CC(O)C(N(C)C(C)c1ccccn1)N(C)C(C)c1ccccn1. The van der Waals surface area contributed by atoms with Gasteiger partial charge in [0.25, 0.3) is 0 Å². The zero-order valence-electron chi connectivity index (χ0n) is 15.2. The van der Waals surface area contributed by atoms with Crippen LogP contribution in [0.1, 0.15) is 44.2 Å². The van der Waals surface area contributed by atoms with Crippen LogP contribution in [-0.2, 0) is 0 Å².